The number of rotatable bonds is 5. The lowest BCUT2D eigenvalue weighted by molar-refractivity contribution is -0.125. The summed E-state index contributed by atoms with van der Waals surface area (Å²) in [5, 5.41) is 2.82. The zero-order valence-corrected chi connectivity index (χ0v) is 13.8. The molecular weight excluding hydrogens is 322 g/mol. The van der Waals surface area contributed by atoms with Crippen LogP contribution in [0.25, 0.3) is 0 Å². The minimum Gasteiger partial charge on any atom is -0.495 e. The highest BCUT2D eigenvalue weighted by Gasteiger charge is 2.30. The topological polar surface area (TPSA) is 93.9 Å². The molecule has 0 radical (unpaired) electrons. The number of nitrogens with two attached hydrogens (primary N) is 1. The fraction of sp³-hybridized carbons (Fsp3) is 0.222. The van der Waals surface area contributed by atoms with Gasteiger partial charge in [-0.2, -0.15) is 0 Å². The first kappa shape index (κ1) is 16.6. The average molecular weight is 341 g/mol. The summed E-state index contributed by atoms with van der Waals surface area (Å²) in [7, 11) is 1.54. The van der Waals surface area contributed by atoms with E-state index in [4.69, 9.17) is 15.2 Å². The zero-order chi connectivity index (χ0) is 17.8. The van der Waals surface area contributed by atoms with Crippen LogP contribution in [-0.2, 0) is 9.59 Å². The molecule has 7 nitrogen and oxygen atoms in total. The lowest BCUT2D eigenvalue weighted by Crippen LogP contribution is -2.49. The molecule has 2 amide bonds. The van der Waals surface area contributed by atoms with Gasteiger partial charge in [0.2, 0.25) is 5.91 Å². The van der Waals surface area contributed by atoms with Gasteiger partial charge in [0.05, 0.1) is 31.6 Å². The van der Waals surface area contributed by atoms with E-state index in [2.05, 4.69) is 5.32 Å². The molecule has 130 valence electrons. The van der Waals surface area contributed by atoms with Crippen molar-refractivity contribution < 1.29 is 19.1 Å². The predicted octanol–water partition coefficient (Wildman–Crippen LogP) is 1.39. The van der Waals surface area contributed by atoms with E-state index in [1.807, 2.05) is 24.3 Å². The Morgan fingerprint density at radius 3 is 2.72 bits per heavy atom. The van der Waals surface area contributed by atoms with Crippen LogP contribution < -0.4 is 25.4 Å². The number of hydrogen-bond donors (Lipinski definition) is 2. The molecule has 1 atom stereocenters. The molecule has 7 heteroatoms. The first-order valence-electron chi connectivity index (χ1n) is 7.81. The number of hydrogen-bond acceptors (Lipinski definition) is 5. The molecule has 3 rings (SSSR count). The Hall–Kier alpha value is -3.22. The largest absolute Gasteiger partial charge is 0.495 e. The number of methoxy groups -OCH3 is 1. The van der Waals surface area contributed by atoms with E-state index in [0.717, 1.165) is 5.69 Å². The van der Waals surface area contributed by atoms with Gasteiger partial charge in [-0.05, 0) is 24.3 Å². The van der Waals surface area contributed by atoms with Gasteiger partial charge in [-0.1, -0.05) is 24.3 Å². The number of nitrogens with one attached hydrogen (secondary N) is 1. The van der Waals surface area contributed by atoms with E-state index in [0.29, 0.717) is 17.2 Å². The summed E-state index contributed by atoms with van der Waals surface area (Å²) < 4.78 is 10.8. The van der Waals surface area contributed by atoms with Crippen molar-refractivity contribution in [3.63, 3.8) is 0 Å². The first-order valence-corrected chi connectivity index (χ1v) is 7.81. The number of amides is 2. The molecule has 0 spiro atoms. The fourth-order valence-corrected chi connectivity index (χ4v) is 2.72. The van der Waals surface area contributed by atoms with Crippen molar-refractivity contribution in [1.29, 1.82) is 0 Å². The Bertz CT molecular complexity index is 793. The normalized spacial score (nSPS) is 15.7. The van der Waals surface area contributed by atoms with Crippen LogP contribution in [0.5, 0.6) is 11.5 Å². The van der Waals surface area contributed by atoms with E-state index in [1.165, 1.54) is 0 Å². The number of ether oxygens (including phenoxy) is 2. The lowest BCUT2D eigenvalue weighted by Gasteiger charge is -2.34. The molecule has 0 fully saturated rings. The van der Waals surface area contributed by atoms with Crippen molar-refractivity contribution in [2.45, 2.75) is 6.10 Å². The van der Waals surface area contributed by atoms with Crippen molar-refractivity contribution >= 4 is 23.2 Å². The Kier molecular flexibility index (Phi) is 4.74. The molecule has 0 saturated heterocycles. The van der Waals surface area contributed by atoms with Crippen molar-refractivity contribution in [3.8, 4) is 11.5 Å². The number of primary amides is 1. The minimum atomic E-state index is -0.797. The second kappa shape index (κ2) is 7.12. The predicted molar refractivity (Wildman–Crippen MR) is 93.9 cm³/mol. The molecule has 0 saturated carbocycles. The zero-order valence-electron chi connectivity index (χ0n) is 13.8. The summed E-state index contributed by atoms with van der Waals surface area (Å²) in [4.78, 5) is 25.8. The van der Waals surface area contributed by atoms with Crippen LogP contribution in [0.4, 0.5) is 11.4 Å². The van der Waals surface area contributed by atoms with Gasteiger partial charge in [0.15, 0.2) is 6.10 Å². The second-order valence-corrected chi connectivity index (χ2v) is 5.61. The first-order chi connectivity index (χ1) is 12.1. The van der Waals surface area contributed by atoms with Crippen molar-refractivity contribution in [1.82, 2.24) is 0 Å². The van der Waals surface area contributed by atoms with Gasteiger partial charge in [-0.3, -0.25) is 9.59 Å². The van der Waals surface area contributed by atoms with Gasteiger partial charge in [-0.25, -0.2) is 0 Å². The summed E-state index contributed by atoms with van der Waals surface area (Å²) in [5.74, 6) is 0.310. The van der Waals surface area contributed by atoms with Crippen LogP contribution in [0.15, 0.2) is 48.5 Å². The van der Waals surface area contributed by atoms with Crippen molar-refractivity contribution in [2.75, 3.05) is 30.4 Å². The highest BCUT2D eigenvalue weighted by atomic mass is 16.5. The van der Waals surface area contributed by atoms with Crippen LogP contribution >= 0.6 is 0 Å². The number of carbonyl (C=O) groups excluding carboxylic acids is 2. The molecule has 1 heterocycles. The molecule has 1 aliphatic rings. The smallest absolute Gasteiger partial charge is 0.260 e. The molecule has 25 heavy (non-hydrogen) atoms. The Labute approximate surface area is 145 Å². The average Bonchev–Trinajstić information content (AvgIpc) is 2.62. The van der Waals surface area contributed by atoms with Crippen LogP contribution in [0, 0.1) is 0 Å². The Morgan fingerprint density at radius 2 is 1.96 bits per heavy atom. The van der Waals surface area contributed by atoms with Crippen LogP contribution in [0.3, 0.4) is 0 Å². The third-order valence-corrected chi connectivity index (χ3v) is 3.89. The maximum Gasteiger partial charge on any atom is 0.260 e. The van der Waals surface area contributed by atoms with Gasteiger partial charge in [0.25, 0.3) is 5.91 Å². The summed E-state index contributed by atoms with van der Waals surface area (Å²) in [6.07, 6.45) is -0.797. The maximum absolute atomic E-state index is 12.5. The Morgan fingerprint density at radius 1 is 1.24 bits per heavy atom. The molecular formula is C18H19N3O4. The third kappa shape index (κ3) is 3.65. The molecule has 1 unspecified atom stereocenters. The van der Waals surface area contributed by atoms with Crippen LogP contribution in [-0.4, -0.2) is 38.1 Å². The third-order valence-electron chi connectivity index (χ3n) is 3.89. The number of nitrogens with zero attached hydrogens (tertiary/aromatic N) is 1. The summed E-state index contributed by atoms with van der Waals surface area (Å²) in [6.45, 7) is 0.272. The van der Waals surface area contributed by atoms with Gasteiger partial charge in [0, 0.05) is 0 Å². The number of para-hydroxylation sites is 4. The highest BCUT2D eigenvalue weighted by Crippen LogP contribution is 2.33. The molecule has 3 N–H and O–H groups in total. The number of benzene rings is 2. The van der Waals surface area contributed by atoms with Gasteiger partial charge < -0.3 is 25.4 Å². The van der Waals surface area contributed by atoms with Crippen LogP contribution in [0.1, 0.15) is 0 Å². The molecule has 2 aromatic carbocycles. The van der Waals surface area contributed by atoms with E-state index >= 15 is 0 Å². The van der Waals surface area contributed by atoms with E-state index in [9.17, 15) is 9.59 Å². The van der Waals surface area contributed by atoms with Crippen molar-refractivity contribution in [2.24, 2.45) is 5.73 Å². The SMILES string of the molecule is COc1ccccc1NC(=O)CN1CC(C(N)=O)Oc2ccccc21. The number of fused-ring (bicyclic) bond motifs is 1. The molecule has 2 aromatic rings. The Balaban J connectivity index is 1.77. The molecule has 1 aliphatic heterocycles. The lowest BCUT2D eigenvalue weighted by atomic mass is 10.1. The standard InChI is InChI=1S/C18H19N3O4/c1-24-14-8-4-2-6-12(14)20-17(22)11-21-10-16(18(19)23)25-15-9-5-3-7-13(15)21/h2-9,16H,10-11H2,1H3,(H2,19,23)(H,20,22). The van der Waals surface area contributed by atoms with E-state index < -0.39 is 12.0 Å². The highest BCUT2D eigenvalue weighted by molar-refractivity contribution is 5.96. The summed E-state index contributed by atoms with van der Waals surface area (Å²) in [6, 6.07) is 14.4. The van der Waals surface area contributed by atoms with Crippen molar-refractivity contribution in [3.05, 3.63) is 48.5 Å². The van der Waals surface area contributed by atoms with E-state index in [1.54, 1.807) is 36.3 Å². The monoisotopic (exact) mass is 341 g/mol. The van der Waals surface area contributed by atoms with Gasteiger partial charge >= 0.3 is 0 Å². The summed E-state index contributed by atoms with van der Waals surface area (Å²) >= 11 is 0. The molecule has 0 bridgehead atoms. The second-order valence-electron chi connectivity index (χ2n) is 5.61. The maximum atomic E-state index is 12.5. The minimum absolute atomic E-state index is 0.0577. The quantitative estimate of drug-likeness (QED) is 0.857. The van der Waals surface area contributed by atoms with Gasteiger partial charge in [0.1, 0.15) is 11.5 Å². The van der Waals surface area contributed by atoms with Crippen LogP contribution in [0.2, 0.25) is 0 Å². The fourth-order valence-electron chi connectivity index (χ4n) is 2.72. The summed E-state index contributed by atoms with van der Waals surface area (Å²) in [5.41, 5.74) is 6.70. The van der Waals surface area contributed by atoms with Gasteiger partial charge in [-0.15, -0.1) is 0 Å². The number of carbonyl (C=O) groups is 2. The molecule has 0 aromatic heterocycles. The number of anilines is 2. The van der Waals surface area contributed by atoms with E-state index in [-0.39, 0.29) is 19.0 Å². The molecule has 0 aliphatic carbocycles.